The van der Waals surface area contributed by atoms with Crippen molar-refractivity contribution in [3.05, 3.63) is 47.5 Å². The Labute approximate surface area is 124 Å². The number of nitrogens with zero attached hydrogens (tertiary/aromatic N) is 3. The Balaban J connectivity index is 2.29. The average Bonchev–Trinajstić information content (AvgIpc) is 2.39. The molecule has 0 fully saturated rings. The molecule has 1 heterocycles. The van der Waals surface area contributed by atoms with Crippen LogP contribution in [0.25, 0.3) is 0 Å². The number of hydrogen-bond acceptors (Lipinski definition) is 4. The standard InChI is InChI=1S/C16H21FN4/c1-16(2,3)15-19-13(18)9-14(20-15)21(4)10-11-7-5-6-8-12(11)17/h5-9H,10H2,1-4H3,(H2,18,19,20). The molecule has 0 unspecified atom stereocenters. The topological polar surface area (TPSA) is 55.0 Å². The van der Waals surface area contributed by atoms with E-state index in [0.29, 0.717) is 29.6 Å². The number of aromatic nitrogens is 2. The van der Waals surface area contributed by atoms with E-state index in [1.54, 1.807) is 18.2 Å². The zero-order valence-corrected chi connectivity index (χ0v) is 12.9. The molecule has 1 aromatic carbocycles. The van der Waals surface area contributed by atoms with Crippen LogP contribution < -0.4 is 10.6 Å². The van der Waals surface area contributed by atoms with E-state index in [-0.39, 0.29) is 11.2 Å². The van der Waals surface area contributed by atoms with Gasteiger partial charge < -0.3 is 10.6 Å². The van der Waals surface area contributed by atoms with Gasteiger partial charge in [0.2, 0.25) is 0 Å². The zero-order valence-electron chi connectivity index (χ0n) is 12.9. The van der Waals surface area contributed by atoms with Gasteiger partial charge in [0.1, 0.15) is 23.3 Å². The van der Waals surface area contributed by atoms with Crippen LogP contribution in [-0.2, 0) is 12.0 Å². The SMILES string of the molecule is CN(Cc1ccccc1F)c1cc(N)nc(C(C)(C)C)n1. The maximum Gasteiger partial charge on any atom is 0.138 e. The molecule has 4 nitrogen and oxygen atoms in total. The molecule has 2 rings (SSSR count). The second kappa shape index (κ2) is 5.68. The van der Waals surface area contributed by atoms with Crippen LogP contribution in [0.2, 0.25) is 0 Å². The first-order valence-electron chi connectivity index (χ1n) is 6.87. The molecular formula is C16H21FN4. The fourth-order valence-corrected chi connectivity index (χ4v) is 1.95. The maximum atomic E-state index is 13.7. The predicted molar refractivity (Wildman–Crippen MR) is 83.7 cm³/mol. The van der Waals surface area contributed by atoms with Gasteiger partial charge in [0.05, 0.1) is 0 Å². The van der Waals surface area contributed by atoms with Crippen molar-refractivity contribution in [2.45, 2.75) is 32.7 Å². The molecule has 5 heteroatoms. The summed E-state index contributed by atoms with van der Waals surface area (Å²) in [6, 6.07) is 8.43. The molecule has 0 bridgehead atoms. The molecule has 0 aliphatic heterocycles. The lowest BCUT2D eigenvalue weighted by atomic mass is 9.96. The molecule has 0 aliphatic rings. The molecule has 0 aliphatic carbocycles. The molecule has 0 atom stereocenters. The summed E-state index contributed by atoms with van der Waals surface area (Å²) in [5, 5.41) is 0. The summed E-state index contributed by atoms with van der Waals surface area (Å²) in [6.07, 6.45) is 0. The fourth-order valence-electron chi connectivity index (χ4n) is 1.95. The largest absolute Gasteiger partial charge is 0.384 e. The van der Waals surface area contributed by atoms with E-state index >= 15 is 0 Å². The van der Waals surface area contributed by atoms with Crippen molar-refractivity contribution in [3.8, 4) is 0 Å². The van der Waals surface area contributed by atoms with Crippen LogP contribution in [0.4, 0.5) is 16.0 Å². The third-order valence-electron chi connectivity index (χ3n) is 3.16. The van der Waals surface area contributed by atoms with Gasteiger partial charge in [-0.15, -0.1) is 0 Å². The lowest BCUT2D eigenvalue weighted by Crippen LogP contribution is -2.23. The van der Waals surface area contributed by atoms with Crippen molar-refractivity contribution in [2.75, 3.05) is 17.7 Å². The number of nitrogens with two attached hydrogens (primary N) is 1. The highest BCUT2D eigenvalue weighted by Crippen LogP contribution is 2.23. The van der Waals surface area contributed by atoms with Crippen LogP contribution >= 0.6 is 0 Å². The van der Waals surface area contributed by atoms with Crippen LogP contribution in [0.15, 0.2) is 30.3 Å². The van der Waals surface area contributed by atoms with Gasteiger partial charge in [0, 0.05) is 30.6 Å². The lowest BCUT2D eigenvalue weighted by molar-refractivity contribution is 0.545. The smallest absolute Gasteiger partial charge is 0.138 e. The zero-order chi connectivity index (χ0) is 15.6. The van der Waals surface area contributed by atoms with E-state index < -0.39 is 0 Å². The number of nitrogen functional groups attached to an aromatic ring is 1. The average molecular weight is 288 g/mol. The van der Waals surface area contributed by atoms with Gasteiger partial charge in [0.25, 0.3) is 0 Å². The number of benzene rings is 1. The molecule has 1 aromatic heterocycles. The van der Waals surface area contributed by atoms with Gasteiger partial charge in [-0.1, -0.05) is 39.0 Å². The predicted octanol–water partition coefficient (Wildman–Crippen LogP) is 3.13. The van der Waals surface area contributed by atoms with E-state index in [1.807, 2.05) is 38.8 Å². The second-order valence-electron chi connectivity index (χ2n) is 6.17. The molecule has 0 saturated heterocycles. The van der Waals surface area contributed by atoms with Crippen molar-refractivity contribution >= 4 is 11.6 Å². The Morgan fingerprint density at radius 2 is 1.86 bits per heavy atom. The normalized spacial score (nSPS) is 11.5. The van der Waals surface area contributed by atoms with Gasteiger partial charge in [-0.05, 0) is 6.07 Å². The highest BCUT2D eigenvalue weighted by atomic mass is 19.1. The summed E-state index contributed by atoms with van der Waals surface area (Å²) >= 11 is 0. The number of rotatable bonds is 3. The first kappa shape index (κ1) is 15.2. The van der Waals surface area contributed by atoms with Gasteiger partial charge in [-0.3, -0.25) is 0 Å². The van der Waals surface area contributed by atoms with E-state index in [1.165, 1.54) is 6.07 Å². The first-order valence-corrected chi connectivity index (χ1v) is 6.87. The third kappa shape index (κ3) is 3.68. The van der Waals surface area contributed by atoms with Crippen molar-refractivity contribution < 1.29 is 4.39 Å². The minimum atomic E-state index is -0.220. The Morgan fingerprint density at radius 1 is 1.19 bits per heavy atom. The summed E-state index contributed by atoms with van der Waals surface area (Å²) in [5.41, 5.74) is 6.29. The van der Waals surface area contributed by atoms with E-state index in [2.05, 4.69) is 9.97 Å². The minimum absolute atomic E-state index is 0.192. The van der Waals surface area contributed by atoms with E-state index in [0.717, 1.165) is 0 Å². The van der Waals surface area contributed by atoms with Crippen molar-refractivity contribution in [3.63, 3.8) is 0 Å². The highest BCUT2D eigenvalue weighted by Gasteiger charge is 2.19. The Hall–Kier alpha value is -2.17. The number of anilines is 2. The number of hydrogen-bond donors (Lipinski definition) is 1. The van der Waals surface area contributed by atoms with Crippen LogP contribution in [0, 0.1) is 5.82 Å². The van der Waals surface area contributed by atoms with Crippen molar-refractivity contribution in [1.82, 2.24) is 9.97 Å². The molecule has 0 saturated carbocycles. The molecule has 112 valence electrons. The van der Waals surface area contributed by atoms with Gasteiger partial charge >= 0.3 is 0 Å². The molecular weight excluding hydrogens is 267 g/mol. The van der Waals surface area contributed by atoms with Crippen LogP contribution in [0.1, 0.15) is 32.2 Å². The molecule has 0 spiro atoms. The number of halogens is 1. The van der Waals surface area contributed by atoms with Gasteiger partial charge in [-0.2, -0.15) is 0 Å². The first-order chi connectivity index (χ1) is 9.77. The Kier molecular flexibility index (Phi) is 4.11. The molecule has 0 amide bonds. The monoisotopic (exact) mass is 288 g/mol. The molecule has 21 heavy (non-hydrogen) atoms. The second-order valence-corrected chi connectivity index (χ2v) is 6.17. The van der Waals surface area contributed by atoms with Crippen LogP contribution in [-0.4, -0.2) is 17.0 Å². The third-order valence-corrected chi connectivity index (χ3v) is 3.16. The fraction of sp³-hybridized carbons (Fsp3) is 0.375. The van der Waals surface area contributed by atoms with Crippen molar-refractivity contribution in [2.24, 2.45) is 0 Å². The van der Waals surface area contributed by atoms with E-state index in [9.17, 15) is 4.39 Å². The van der Waals surface area contributed by atoms with Gasteiger partial charge in [-0.25, -0.2) is 14.4 Å². The molecule has 0 radical (unpaired) electrons. The Morgan fingerprint density at radius 3 is 2.48 bits per heavy atom. The van der Waals surface area contributed by atoms with Crippen molar-refractivity contribution in [1.29, 1.82) is 0 Å². The minimum Gasteiger partial charge on any atom is -0.384 e. The van der Waals surface area contributed by atoms with Crippen LogP contribution in [0.3, 0.4) is 0 Å². The summed E-state index contributed by atoms with van der Waals surface area (Å²) in [6.45, 7) is 6.51. The van der Waals surface area contributed by atoms with Gasteiger partial charge in [0.15, 0.2) is 0 Å². The maximum absolute atomic E-state index is 13.7. The van der Waals surface area contributed by atoms with Crippen LogP contribution in [0.5, 0.6) is 0 Å². The molecule has 2 aromatic rings. The summed E-state index contributed by atoms with van der Waals surface area (Å²) in [5.74, 6) is 1.57. The molecule has 2 N–H and O–H groups in total. The summed E-state index contributed by atoms with van der Waals surface area (Å²) < 4.78 is 13.7. The highest BCUT2D eigenvalue weighted by molar-refractivity contribution is 5.47. The summed E-state index contributed by atoms with van der Waals surface area (Å²) in [7, 11) is 1.86. The van der Waals surface area contributed by atoms with E-state index in [4.69, 9.17) is 5.73 Å². The summed E-state index contributed by atoms with van der Waals surface area (Å²) in [4.78, 5) is 10.7. The quantitative estimate of drug-likeness (QED) is 0.942. The lowest BCUT2D eigenvalue weighted by Gasteiger charge is -2.23. The Bertz CT molecular complexity index is 634.